The molecule has 1 aromatic heterocycles. The van der Waals surface area contributed by atoms with Crippen molar-refractivity contribution in [1.29, 1.82) is 0 Å². The summed E-state index contributed by atoms with van der Waals surface area (Å²) in [5.41, 5.74) is 2.35. The third-order valence-electron chi connectivity index (χ3n) is 5.65. The van der Waals surface area contributed by atoms with Gasteiger partial charge in [0.05, 0.1) is 11.4 Å². The number of hydrogen-bond acceptors (Lipinski definition) is 3. The molecule has 1 saturated carbocycles. The maximum absolute atomic E-state index is 13.7. The van der Waals surface area contributed by atoms with Crippen LogP contribution in [0.2, 0.25) is 0 Å². The molecule has 2 aliphatic rings. The van der Waals surface area contributed by atoms with E-state index in [1.54, 1.807) is 18.5 Å². The van der Waals surface area contributed by atoms with Gasteiger partial charge in [-0.2, -0.15) is 0 Å². The molecule has 0 spiro atoms. The fraction of sp³-hybridized carbons (Fsp3) is 0.476. The van der Waals surface area contributed by atoms with Gasteiger partial charge < -0.3 is 4.90 Å². The summed E-state index contributed by atoms with van der Waals surface area (Å²) < 4.78 is 13.7. The van der Waals surface area contributed by atoms with E-state index in [1.165, 1.54) is 25.0 Å². The number of benzene rings is 1. The van der Waals surface area contributed by atoms with Crippen molar-refractivity contribution >= 4 is 5.91 Å². The maximum Gasteiger partial charge on any atom is 0.225 e. The van der Waals surface area contributed by atoms with Crippen LogP contribution < -0.4 is 0 Å². The van der Waals surface area contributed by atoms with E-state index in [0.29, 0.717) is 12.5 Å². The Hall–Kier alpha value is -2.30. The molecule has 2 aromatic rings. The van der Waals surface area contributed by atoms with Crippen LogP contribution >= 0.6 is 0 Å². The van der Waals surface area contributed by atoms with Gasteiger partial charge in [0.15, 0.2) is 0 Å². The van der Waals surface area contributed by atoms with Crippen molar-refractivity contribution in [1.82, 2.24) is 14.9 Å². The number of piperidine rings is 1. The molecule has 4 nitrogen and oxygen atoms in total. The number of carbonyl (C=O) groups excluding carboxylic acids is 1. The van der Waals surface area contributed by atoms with Crippen LogP contribution in [0.1, 0.15) is 50.1 Å². The highest BCUT2D eigenvalue weighted by molar-refractivity contribution is 5.79. The predicted molar refractivity (Wildman–Crippen MR) is 97.9 cm³/mol. The smallest absolute Gasteiger partial charge is 0.225 e. The highest BCUT2D eigenvalue weighted by atomic mass is 19.1. The maximum atomic E-state index is 13.7. The Balaban J connectivity index is 1.58. The van der Waals surface area contributed by atoms with E-state index in [-0.39, 0.29) is 17.7 Å². The number of carbonyl (C=O) groups is 1. The second kappa shape index (κ2) is 7.52. The van der Waals surface area contributed by atoms with E-state index in [1.807, 2.05) is 11.0 Å². The SMILES string of the molecule is O=C(C1CCCC1)N1CCCC(c2nccnc2-c2cccc(F)c2)C1. The summed E-state index contributed by atoms with van der Waals surface area (Å²) in [5.74, 6) is 0.392. The van der Waals surface area contributed by atoms with E-state index in [4.69, 9.17) is 0 Å². The quantitative estimate of drug-likeness (QED) is 0.832. The normalized spacial score (nSPS) is 21.1. The molecular formula is C21H24FN3O. The first-order valence-corrected chi connectivity index (χ1v) is 9.58. The van der Waals surface area contributed by atoms with Crippen molar-refractivity contribution in [3.63, 3.8) is 0 Å². The molecule has 26 heavy (non-hydrogen) atoms. The molecule has 1 aliphatic heterocycles. The van der Waals surface area contributed by atoms with Crippen molar-refractivity contribution in [2.24, 2.45) is 5.92 Å². The average molecular weight is 353 g/mol. The zero-order valence-corrected chi connectivity index (χ0v) is 14.9. The Morgan fingerprint density at radius 2 is 1.88 bits per heavy atom. The molecule has 136 valence electrons. The van der Waals surface area contributed by atoms with Gasteiger partial charge in [0.1, 0.15) is 5.82 Å². The second-order valence-electron chi connectivity index (χ2n) is 7.41. The first-order chi connectivity index (χ1) is 12.7. The lowest BCUT2D eigenvalue weighted by molar-refractivity contribution is -0.136. The summed E-state index contributed by atoms with van der Waals surface area (Å²) in [6.07, 6.45) is 9.68. The van der Waals surface area contributed by atoms with Crippen LogP contribution in [0.5, 0.6) is 0 Å². The molecule has 0 N–H and O–H groups in total. The minimum Gasteiger partial charge on any atom is -0.342 e. The predicted octanol–water partition coefficient (Wildman–Crippen LogP) is 4.18. The molecule has 1 atom stereocenters. The van der Waals surface area contributed by atoms with Crippen molar-refractivity contribution in [2.45, 2.75) is 44.4 Å². The van der Waals surface area contributed by atoms with Crippen LogP contribution in [-0.2, 0) is 4.79 Å². The fourth-order valence-electron chi connectivity index (χ4n) is 4.34. The van der Waals surface area contributed by atoms with Gasteiger partial charge in [-0.15, -0.1) is 0 Å². The molecule has 1 unspecified atom stereocenters. The number of nitrogens with zero attached hydrogens (tertiary/aromatic N) is 3. The van der Waals surface area contributed by atoms with Crippen molar-refractivity contribution < 1.29 is 9.18 Å². The van der Waals surface area contributed by atoms with Crippen LogP contribution in [0.4, 0.5) is 4.39 Å². The first-order valence-electron chi connectivity index (χ1n) is 9.58. The van der Waals surface area contributed by atoms with Crippen LogP contribution in [0.15, 0.2) is 36.7 Å². The van der Waals surface area contributed by atoms with Crippen LogP contribution in [0.3, 0.4) is 0 Å². The average Bonchev–Trinajstić information content (AvgIpc) is 3.22. The Morgan fingerprint density at radius 1 is 1.08 bits per heavy atom. The first kappa shape index (κ1) is 17.1. The number of rotatable bonds is 3. The molecule has 1 amide bonds. The standard InChI is InChI=1S/C21H24FN3O/c22-18-9-3-7-16(13-18)19-20(24-11-10-23-19)17-8-4-12-25(14-17)21(26)15-5-1-2-6-15/h3,7,9-11,13,15,17H,1-2,4-6,8,12,14H2. The Kier molecular flexibility index (Phi) is 4.96. The third kappa shape index (κ3) is 3.48. The lowest BCUT2D eigenvalue weighted by atomic mass is 9.90. The van der Waals surface area contributed by atoms with Crippen LogP contribution in [0, 0.1) is 11.7 Å². The van der Waals surface area contributed by atoms with E-state index < -0.39 is 0 Å². The van der Waals surface area contributed by atoms with Gasteiger partial charge in [-0.3, -0.25) is 14.8 Å². The molecule has 2 heterocycles. The summed E-state index contributed by atoms with van der Waals surface area (Å²) in [4.78, 5) is 23.9. The zero-order chi connectivity index (χ0) is 17.9. The third-order valence-corrected chi connectivity index (χ3v) is 5.65. The number of amides is 1. The molecule has 1 aliphatic carbocycles. The monoisotopic (exact) mass is 353 g/mol. The van der Waals surface area contributed by atoms with Crippen molar-refractivity contribution in [3.8, 4) is 11.3 Å². The van der Waals surface area contributed by atoms with E-state index in [2.05, 4.69) is 9.97 Å². The second-order valence-corrected chi connectivity index (χ2v) is 7.41. The number of halogens is 1. The van der Waals surface area contributed by atoms with Gasteiger partial charge in [0.25, 0.3) is 0 Å². The fourth-order valence-corrected chi connectivity index (χ4v) is 4.34. The highest BCUT2D eigenvalue weighted by Gasteiger charge is 2.32. The van der Waals surface area contributed by atoms with Crippen molar-refractivity contribution in [3.05, 3.63) is 48.2 Å². The molecule has 1 saturated heterocycles. The lowest BCUT2D eigenvalue weighted by Gasteiger charge is -2.34. The lowest BCUT2D eigenvalue weighted by Crippen LogP contribution is -2.42. The summed E-state index contributed by atoms with van der Waals surface area (Å²) in [6, 6.07) is 6.49. The molecular weight excluding hydrogens is 329 g/mol. The van der Waals surface area contributed by atoms with Gasteiger partial charge in [-0.25, -0.2) is 4.39 Å². The number of hydrogen-bond donors (Lipinski definition) is 0. The Morgan fingerprint density at radius 3 is 2.69 bits per heavy atom. The summed E-state index contributed by atoms with van der Waals surface area (Å²) >= 11 is 0. The highest BCUT2D eigenvalue weighted by Crippen LogP contribution is 2.34. The van der Waals surface area contributed by atoms with Crippen molar-refractivity contribution in [2.75, 3.05) is 13.1 Å². The summed E-state index contributed by atoms with van der Waals surface area (Å²) in [5, 5.41) is 0. The van der Waals surface area contributed by atoms with E-state index in [9.17, 15) is 9.18 Å². The minimum absolute atomic E-state index is 0.154. The Labute approximate surface area is 153 Å². The van der Waals surface area contributed by atoms with Gasteiger partial charge in [0, 0.05) is 42.9 Å². The molecule has 1 aromatic carbocycles. The molecule has 2 fully saturated rings. The van der Waals surface area contributed by atoms with Gasteiger partial charge in [0.2, 0.25) is 5.91 Å². The van der Waals surface area contributed by atoms with Gasteiger partial charge >= 0.3 is 0 Å². The molecule has 0 bridgehead atoms. The molecule has 4 rings (SSSR count). The van der Waals surface area contributed by atoms with Crippen LogP contribution in [-0.4, -0.2) is 33.9 Å². The van der Waals surface area contributed by atoms with Gasteiger partial charge in [-0.05, 0) is 37.8 Å². The van der Waals surface area contributed by atoms with Gasteiger partial charge in [-0.1, -0.05) is 25.0 Å². The topological polar surface area (TPSA) is 46.1 Å². The summed E-state index contributed by atoms with van der Waals surface area (Å²) in [6.45, 7) is 1.53. The van der Waals surface area contributed by atoms with Crippen LogP contribution in [0.25, 0.3) is 11.3 Å². The number of likely N-dealkylation sites (tertiary alicyclic amines) is 1. The Bertz CT molecular complexity index is 788. The van der Waals surface area contributed by atoms with E-state index in [0.717, 1.165) is 49.2 Å². The minimum atomic E-state index is -0.277. The molecule has 5 heteroatoms. The summed E-state index contributed by atoms with van der Waals surface area (Å²) in [7, 11) is 0. The largest absolute Gasteiger partial charge is 0.342 e. The zero-order valence-electron chi connectivity index (χ0n) is 14.9. The number of aromatic nitrogens is 2. The van der Waals surface area contributed by atoms with E-state index >= 15 is 0 Å². The molecule has 0 radical (unpaired) electrons.